The van der Waals surface area contributed by atoms with Gasteiger partial charge in [-0.1, -0.05) is 5.92 Å². The zero-order valence-electron chi connectivity index (χ0n) is 17.7. The highest BCUT2D eigenvalue weighted by Crippen LogP contribution is 2.34. The van der Waals surface area contributed by atoms with Crippen LogP contribution in [0.15, 0.2) is 18.2 Å². The number of terminal acetylenes is 1. The van der Waals surface area contributed by atoms with Crippen LogP contribution >= 0.6 is 0 Å². The standard InChI is InChI=1S/C23H27N5O2/c1-5-17-9-10-19(21(12-17)30-15-29-6-2)22-16(3)20(13-24)23(27-26-22)25-18-8-7-11-28(4)14-18/h1,9-10,12,18H,6-8,11,14-15H2,2-4H3,(H,25,27). The molecule has 1 fully saturated rings. The van der Waals surface area contributed by atoms with Crippen molar-refractivity contribution in [3.63, 3.8) is 0 Å². The summed E-state index contributed by atoms with van der Waals surface area (Å²) in [7, 11) is 2.10. The largest absolute Gasteiger partial charge is 0.467 e. The van der Waals surface area contributed by atoms with Gasteiger partial charge in [-0.15, -0.1) is 16.6 Å². The van der Waals surface area contributed by atoms with E-state index in [2.05, 4.69) is 39.5 Å². The highest BCUT2D eigenvalue weighted by molar-refractivity contribution is 5.74. The van der Waals surface area contributed by atoms with Gasteiger partial charge in [0.2, 0.25) is 0 Å². The predicted molar refractivity (Wildman–Crippen MR) is 116 cm³/mol. The molecule has 0 aliphatic carbocycles. The highest BCUT2D eigenvalue weighted by atomic mass is 16.7. The number of benzene rings is 1. The number of anilines is 1. The third-order valence-corrected chi connectivity index (χ3v) is 5.20. The van der Waals surface area contributed by atoms with Crippen LogP contribution in [-0.2, 0) is 4.74 Å². The lowest BCUT2D eigenvalue weighted by molar-refractivity contribution is 0.0227. The molecule has 2 aromatic rings. The molecule has 156 valence electrons. The van der Waals surface area contributed by atoms with Crippen molar-refractivity contribution in [1.82, 2.24) is 15.1 Å². The van der Waals surface area contributed by atoms with Crippen LogP contribution in [-0.4, -0.2) is 54.7 Å². The van der Waals surface area contributed by atoms with Crippen molar-refractivity contribution in [1.29, 1.82) is 5.26 Å². The molecule has 30 heavy (non-hydrogen) atoms. The fourth-order valence-corrected chi connectivity index (χ4v) is 3.61. The maximum Gasteiger partial charge on any atom is 0.189 e. The molecule has 1 aromatic carbocycles. The third kappa shape index (κ3) is 4.88. The number of nitrogens with one attached hydrogen (secondary N) is 1. The molecule has 1 atom stereocenters. The van der Waals surface area contributed by atoms with Crippen LogP contribution in [0, 0.1) is 30.6 Å². The van der Waals surface area contributed by atoms with Gasteiger partial charge in [-0.2, -0.15) is 5.26 Å². The summed E-state index contributed by atoms with van der Waals surface area (Å²) >= 11 is 0. The van der Waals surface area contributed by atoms with Gasteiger partial charge in [-0.25, -0.2) is 0 Å². The van der Waals surface area contributed by atoms with Crippen LogP contribution in [0.2, 0.25) is 0 Å². The number of hydrogen-bond acceptors (Lipinski definition) is 7. The van der Waals surface area contributed by atoms with Gasteiger partial charge in [0, 0.05) is 30.3 Å². The van der Waals surface area contributed by atoms with Crippen LogP contribution in [0.5, 0.6) is 5.75 Å². The molecule has 1 aromatic heterocycles. The molecule has 1 unspecified atom stereocenters. The molecule has 0 spiro atoms. The molecule has 1 N–H and O–H groups in total. The summed E-state index contributed by atoms with van der Waals surface area (Å²) in [6.45, 7) is 6.42. The Morgan fingerprint density at radius 3 is 2.90 bits per heavy atom. The Hall–Kier alpha value is -3.13. The summed E-state index contributed by atoms with van der Waals surface area (Å²) < 4.78 is 11.1. The zero-order valence-corrected chi connectivity index (χ0v) is 17.7. The zero-order chi connectivity index (χ0) is 21.5. The smallest absolute Gasteiger partial charge is 0.189 e. The summed E-state index contributed by atoms with van der Waals surface area (Å²) in [5, 5.41) is 22.0. The van der Waals surface area contributed by atoms with Gasteiger partial charge in [0.1, 0.15) is 23.1 Å². The lowest BCUT2D eigenvalue weighted by Crippen LogP contribution is -2.40. The first-order chi connectivity index (χ1) is 14.6. The molecule has 0 saturated carbocycles. The van der Waals surface area contributed by atoms with Crippen molar-refractivity contribution >= 4 is 5.82 Å². The van der Waals surface area contributed by atoms with Gasteiger partial charge < -0.3 is 19.7 Å². The van der Waals surface area contributed by atoms with Crippen molar-refractivity contribution in [3.8, 4) is 35.4 Å². The fraction of sp³-hybridized carbons (Fsp3) is 0.435. The van der Waals surface area contributed by atoms with Crippen molar-refractivity contribution in [3.05, 3.63) is 34.9 Å². The van der Waals surface area contributed by atoms with Gasteiger partial charge in [0.15, 0.2) is 12.6 Å². The van der Waals surface area contributed by atoms with Crippen LogP contribution in [0.3, 0.4) is 0 Å². The maximum absolute atomic E-state index is 9.83. The first-order valence-electron chi connectivity index (χ1n) is 10.1. The van der Waals surface area contributed by atoms with E-state index < -0.39 is 0 Å². The highest BCUT2D eigenvalue weighted by Gasteiger charge is 2.22. The SMILES string of the molecule is C#Cc1ccc(-c2nnc(NC3CCCN(C)C3)c(C#N)c2C)c(OCOCC)c1. The lowest BCUT2D eigenvalue weighted by Gasteiger charge is -2.30. The first kappa shape index (κ1) is 21.6. The molecule has 1 aliphatic rings. The number of rotatable bonds is 7. The van der Waals surface area contributed by atoms with E-state index in [1.54, 1.807) is 6.07 Å². The second kappa shape index (κ2) is 10.1. The Bertz CT molecular complexity index is 977. The number of nitrogens with zero attached hydrogens (tertiary/aromatic N) is 4. The van der Waals surface area contributed by atoms with Crippen molar-refractivity contribution in [2.24, 2.45) is 0 Å². The maximum atomic E-state index is 9.83. The Morgan fingerprint density at radius 2 is 2.20 bits per heavy atom. The summed E-state index contributed by atoms with van der Waals surface area (Å²) in [6, 6.07) is 7.97. The summed E-state index contributed by atoms with van der Waals surface area (Å²) in [4.78, 5) is 2.27. The molecule has 1 saturated heterocycles. The first-order valence-corrected chi connectivity index (χ1v) is 10.1. The van der Waals surface area contributed by atoms with Crippen LogP contribution in [0.25, 0.3) is 11.3 Å². The molecule has 0 amide bonds. The number of nitriles is 1. The van der Waals surface area contributed by atoms with Crippen molar-refractivity contribution < 1.29 is 9.47 Å². The second-order valence-electron chi connectivity index (χ2n) is 7.37. The summed E-state index contributed by atoms with van der Waals surface area (Å²) in [6.07, 6.45) is 7.69. The van der Waals surface area contributed by atoms with Gasteiger partial charge in [-0.05, 0) is 64.0 Å². The molecule has 7 heteroatoms. The fourth-order valence-electron chi connectivity index (χ4n) is 3.61. The number of piperidine rings is 1. The molecule has 7 nitrogen and oxygen atoms in total. The normalized spacial score (nSPS) is 16.5. The van der Waals surface area contributed by atoms with Crippen LogP contribution < -0.4 is 10.1 Å². The average molecular weight is 406 g/mol. The number of ether oxygens (including phenoxy) is 2. The van der Waals surface area contributed by atoms with E-state index in [-0.39, 0.29) is 12.8 Å². The molecule has 0 bridgehead atoms. The topological polar surface area (TPSA) is 83.3 Å². The predicted octanol–water partition coefficient (Wildman–Crippen LogP) is 3.18. The molecule has 0 radical (unpaired) electrons. The molecule has 3 rings (SSSR count). The monoisotopic (exact) mass is 405 g/mol. The second-order valence-corrected chi connectivity index (χ2v) is 7.37. The molecule has 1 aliphatic heterocycles. The van der Waals surface area contributed by atoms with Gasteiger partial charge in [0.05, 0.1) is 0 Å². The van der Waals surface area contributed by atoms with E-state index in [9.17, 15) is 5.26 Å². The van der Waals surface area contributed by atoms with E-state index in [1.165, 1.54) is 0 Å². The molecular weight excluding hydrogens is 378 g/mol. The minimum atomic E-state index is 0.101. The molecule has 2 heterocycles. The molecular formula is C23H27N5O2. The van der Waals surface area contributed by atoms with Gasteiger partial charge in [0.25, 0.3) is 0 Å². The van der Waals surface area contributed by atoms with E-state index in [0.29, 0.717) is 35.0 Å². The Balaban J connectivity index is 1.95. The number of hydrogen-bond donors (Lipinski definition) is 1. The quantitative estimate of drug-likeness (QED) is 0.430. The summed E-state index contributed by atoms with van der Waals surface area (Å²) in [5.41, 5.74) is 3.24. The Labute approximate surface area is 178 Å². The van der Waals surface area contributed by atoms with Crippen molar-refractivity contribution in [2.75, 3.05) is 38.9 Å². The lowest BCUT2D eigenvalue weighted by atomic mass is 10.0. The van der Waals surface area contributed by atoms with E-state index in [4.69, 9.17) is 15.9 Å². The van der Waals surface area contributed by atoms with Gasteiger partial charge in [-0.3, -0.25) is 0 Å². The van der Waals surface area contributed by atoms with Crippen LogP contribution in [0.4, 0.5) is 5.82 Å². The average Bonchev–Trinajstić information content (AvgIpc) is 2.74. The van der Waals surface area contributed by atoms with E-state index >= 15 is 0 Å². The van der Waals surface area contributed by atoms with Crippen LogP contribution in [0.1, 0.15) is 36.5 Å². The van der Waals surface area contributed by atoms with Gasteiger partial charge >= 0.3 is 0 Å². The van der Waals surface area contributed by atoms with Crippen molar-refractivity contribution in [2.45, 2.75) is 32.7 Å². The minimum Gasteiger partial charge on any atom is -0.467 e. The van der Waals surface area contributed by atoms with E-state index in [0.717, 1.165) is 37.1 Å². The number of aromatic nitrogens is 2. The Morgan fingerprint density at radius 1 is 1.37 bits per heavy atom. The Kier molecular flexibility index (Phi) is 7.24. The van der Waals surface area contributed by atoms with E-state index in [1.807, 2.05) is 26.0 Å². The summed E-state index contributed by atoms with van der Waals surface area (Å²) in [5.74, 6) is 3.68. The third-order valence-electron chi connectivity index (χ3n) is 5.20. The number of likely N-dealkylation sites (N-methyl/N-ethyl adjacent to an activating group) is 1. The minimum absolute atomic E-state index is 0.101. The number of likely N-dealkylation sites (tertiary alicyclic amines) is 1.